The van der Waals surface area contributed by atoms with Gasteiger partial charge >= 0.3 is 6.18 Å². The molecule has 8 heteroatoms. The molecule has 0 radical (unpaired) electrons. The number of ether oxygens (including phenoxy) is 2. The van der Waals surface area contributed by atoms with Crippen LogP contribution >= 0.6 is 0 Å². The quantitative estimate of drug-likeness (QED) is 0.777. The Hall–Kier alpha value is -1.83. The third kappa shape index (κ3) is 5.38. The van der Waals surface area contributed by atoms with Crippen molar-refractivity contribution in [2.75, 3.05) is 26.4 Å². The van der Waals surface area contributed by atoms with Crippen LogP contribution < -0.4 is 4.74 Å². The van der Waals surface area contributed by atoms with E-state index < -0.39 is 37.1 Å². The van der Waals surface area contributed by atoms with Crippen molar-refractivity contribution in [2.45, 2.75) is 25.1 Å². The van der Waals surface area contributed by atoms with E-state index in [9.17, 15) is 22.4 Å². The van der Waals surface area contributed by atoms with E-state index >= 15 is 0 Å². The van der Waals surface area contributed by atoms with Crippen LogP contribution in [0.1, 0.15) is 12.8 Å². The number of nitrogens with zero attached hydrogens (tertiary/aromatic N) is 1. The zero-order valence-electron chi connectivity index (χ0n) is 12.3. The van der Waals surface area contributed by atoms with Gasteiger partial charge in [-0.15, -0.1) is 0 Å². The average molecular weight is 335 g/mol. The summed E-state index contributed by atoms with van der Waals surface area (Å²) < 4.78 is 61.7. The van der Waals surface area contributed by atoms with Gasteiger partial charge in [0.25, 0.3) is 5.91 Å². The highest BCUT2D eigenvalue weighted by Gasteiger charge is 2.37. The first kappa shape index (κ1) is 17.5. The lowest BCUT2D eigenvalue weighted by molar-refractivity contribution is -0.170. The topological polar surface area (TPSA) is 38.8 Å². The SMILES string of the molecule is O=C(COc1ccccc1F)N(CC(F)(F)F)C1CCOCC1. The fourth-order valence-electron chi connectivity index (χ4n) is 2.40. The molecular weight excluding hydrogens is 318 g/mol. The van der Waals surface area contributed by atoms with Crippen molar-refractivity contribution in [3.8, 4) is 5.75 Å². The standard InChI is InChI=1S/C15H17F4NO3/c16-12-3-1-2-4-13(12)23-9-14(21)20(10-15(17,18)19)11-5-7-22-8-6-11/h1-4,11H,5-10H2. The zero-order valence-corrected chi connectivity index (χ0v) is 12.3. The Bertz CT molecular complexity index is 530. The number of hydrogen-bond donors (Lipinski definition) is 0. The third-order valence-electron chi connectivity index (χ3n) is 3.49. The van der Waals surface area contributed by atoms with Gasteiger partial charge in [0.15, 0.2) is 18.2 Å². The summed E-state index contributed by atoms with van der Waals surface area (Å²) in [5.74, 6) is -1.66. The van der Waals surface area contributed by atoms with Crippen LogP contribution in [0.2, 0.25) is 0 Å². The Morgan fingerprint density at radius 2 is 1.91 bits per heavy atom. The zero-order chi connectivity index (χ0) is 16.9. The number of amides is 1. The first-order chi connectivity index (χ1) is 10.9. The van der Waals surface area contributed by atoms with Gasteiger partial charge in [0.2, 0.25) is 0 Å². The minimum absolute atomic E-state index is 0.167. The summed E-state index contributed by atoms with van der Waals surface area (Å²) in [5, 5.41) is 0. The van der Waals surface area contributed by atoms with Crippen LogP contribution in [0.5, 0.6) is 5.75 Å². The van der Waals surface area contributed by atoms with Crippen molar-refractivity contribution >= 4 is 5.91 Å². The highest BCUT2D eigenvalue weighted by Crippen LogP contribution is 2.23. The summed E-state index contributed by atoms with van der Waals surface area (Å²) in [6, 6.07) is 4.86. The Kier molecular flexibility index (Phi) is 5.81. The molecule has 0 spiro atoms. The van der Waals surface area contributed by atoms with Gasteiger partial charge in [-0.25, -0.2) is 4.39 Å². The van der Waals surface area contributed by atoms with E-state index in [-0.39, 0.29) is 5.75 Å². The van der Waals surface area contributed by atoms with Crippen LogP contribution in [0.15, 0.2) is 24.3 Å². The van der Waals surface area contributed by atoms with Crippen LogP contribution in [0.3, 0.4) is 0 Å². The maximum Gasteiger partial charge on any atom is 0.406 e. The van der Waals surface area contributed by atoms with Gasteiger partial charge in [-0.2, -0.15) is 13.2 Å². The van der Waals surface area contributed by atoms with Gasteiger partial charge in [0, 0.05) is 19.3 Å². The summed E-state index contributed by atoms with van der Waals surface area (Å²) in [4.78, 5) is 12.9. The van der Waals surface area contributed by atoms with Crippen molar-refractivity contribution in [2.24, 2.45) is 0 Å². The minimum atomic E-state index is -4.51. The summed E-state index contributed by atoms with van der Waals surface area (Å²) in [7, 11) is 0. The molecule has 0 unspecified atom stereocenters. The molecule has 1 aliphatic heterocycles. The monoisotopic (exact) mass is 335 g/mol. The summed E-state index contributed by atoms with van der Waals surface area (Å²) in [6.07, 6.45) is -3.84. The molecule has 0 aromatic heterocycles. The molecule has 0 saturated carbocycles. The second-order valence-electron chi connectivity index (χ2n) is 5.20. The number of carbonyl (C=O) groups is 1. The van der Waals surface area contributed by atoms with Gasteiger partial charge in [0.05, 0.1) is 0 Å². The number of alkyl halides is 3. The molecule has 1 aromatic carbocycles. The molecule has 1 aliphatic rings. The third-order valence-corrected chi connectivity index (χ3v) is 3.49. The maximum absolute atomic E-state index is 13.4. The van der Waals surface area contributed by atoms with E-state index in [0.717, 1.165) is 11.0 Å². The molecule has 1 aromatic rings. The molecule has 0 aliphatic carbocycles. The summed E-state index contributed by atoms with van der Waals surface area (Å²) in [5.41, 5.74) is 0. The van der Waals surface area contributed by atoms with E-state index in [2.05, 4.69) is 0 Å². The molecular formula is C15H17F4NO3. The van der Waals surface area contributed by atoms with Gasteiger partial charge in [-0.05, 0) is 25.0 Å². The number of rotatable bonds is 5. The smallest absolute Gasteiger partial charge is 0.406 e. The molecule has 4 nitrogen and oxygen atoms in total. The number of carbonyl (C=O) groups excluding carboxylic acids is 1. The van der Waals surface area contributed by atoms with Crippen LogP contribution in [0.4, 0.5) is 17.6 Å². The highest BCUT2D eigenvalue weighted by atomic mass is 19.4. The van der Waals surface area contributed by atoms with E-state index in [1.54, 1.807) is 0 Å². The molecule has 1 fully saturated rings. The summed E-state index contributed by atoms with van der Waals surface area (Å²) >= 11 is 0. The van der Waals surface area contributed by atoms with Crippen LogP contribution in [-0.4, -0.2) is 49.4 Å². The molecule has 1 heterocycles. The van der Waals surface area contributed by atoms with Crippen LogP contribution in [0.25, 0.3) is 0 Å². The molecule has 128 valence electrons. The van der Waals surface area contributed by atoms with Crippen LogP contribution in [-0.2, 0) is 9.53 Å². The predicted molar refractivity (Wildman–Crippen MR) is 73.5 cm³/mol. The second kappa shape index (κ2) is 7.63. The molecule has 1 amide bonds. The molecule has 1 saturated heterocycles. The normalized spacial score (nSPS) is 16.2. The molecule has 0 atom stereocenters. The first-order valence-corrected chi connectivity index (χ1v) is 7.18. The maximum atomic E-state index is 13.4. The van der Waals surface area contributed by atoms with Crippen LogP contribution in [0, 0.1) is 5.82 Å². The number of hydrogen-bond acceptors (Lipinski definition) is 3. The van der Waals surface area contributed by atoms with Gasteiger partial charge in [-0.3, -0.25) is 4.79 Å². The van der Waals surface area contributed by atoms with Crippen molar-refractivity contribution in [1.82, 2.24) is 4.90 Å². The Balaban J connectivity index is 2.02. The molecule has 0 bridgehead atoms. The second-order valence-corrected chi connectivity index (χ2v) is 5.20. The van der Waals surface area contributed by atoms with E-state index in [1.807, 2.05) is 0 Å². The predicted octanol–water partition coefficient (Wildman–Crippen LogP) is 2.77. The fourth-order valence-corrected chi connectivity index (χ4v) is 2.40. The highest BCUT2D eigenvalue weighted by molar-refractivity contribution is 5.78. The average Bonchev–Trinajstić information content (AvgIpc) is 2.51. The Morgan fingerprint density at radius 3 is 2.52 bits per heavy atom. The van der Waals surface area contributed by atoms with Crippen molar-refractivity contribution < 1.29 is 31.8 Å². The number of para-hydroxylation sites is 1. The lowest BCUT2D eigenvalue weighted by atomic mass is 10.1. The van der Waals surface area contributed by atoms with Gasteiger partial charge in [0.1, 0.15) is 6.54 Å². The van der Waals surface area contributed by atoms with E-state index in [1.165, 1.54) is 18.2 Å². The molecule has 0 N–H and O–H groups in total. The van der Waals surface area contributed by atoms with Crippen molar-refractivity contribution in [1.29, 1.82) is 0 Å². The number of benzene rings is 1. The van der Waals surface area contributed by atoms with Gasteiger partial charge in [-0.1, -0.05) is 12.1 Å². The number of halogens is 4. The lowest BCUT2D eigenvalue weighted by Crippen LogP contribution is -2.49. The van der Waals surface area contributed by atoms with E-state index in [4.69, 9.17) is 9.47 Å². The van der Waals surface area contributed by atoms with E-state index in [0.29, 0.717) is 26.1 Å². The molecule has 23 heavy (non-hydrogen) atoms. The van der Waals surface area contributed by atoms with Crippen molar-refractivity contribution in [3.05, 3.63) is 30.1 Å². The fraction of sp³-hybridized carbons (Fsp3) is 0.533. The van der Waals surface area contributed by atoms with Gasteiger partial charge < -0.3 is 14.4 Å². The van der Waals surface area contributed by atoms with Crippen molar-refractivity contribution in [3.63, 3.8) is 0 Å². The Labute approximate surface area is 131 Å². The largest absolute Gasteiger partial charge is 0.481 e. The Morgan fingerprint density at radius 1 is 1.26 bits per heavy atom. The first-order valence-electron chi connectivity index (χ1n) is 7.18. The molecule has 2 rings (SSSR count). The minimum Gasteiger partial charge on any atom is -0.481 e. The summed E-state index contributed by atoms with van der Waals surface area (Å²) in [6.45, 7) is -1.38. The lowest BCUT2D eigenvalue weighted by Gasteiger charge is -2.34.